The summed E-state index contributed by atoms with van der Waals surface area (Å²) < 4.78 is 39.6. The summed E-state index contributed by atoms with van der Waals surface area (Å²) in [7, 11) is 0. The molecule has 0 aliphatic carbocycles. The highest BCUT2D eigenvalue weighted by Gasteiger charge is 2.30. The highest BCUT2D eigenvalue weighted by molar-refractivity contribution is 5.79. The minimum absolute atomic E-state index is 0.340. The summed E-state index contributed by atoms with van der Waals surface area (Å²) in [5, 5.41) is 0. The summed E-state index contributed by atoms with van der Waals surface area (Å²) in [5.41, 5.74) is 6.90. The molecule has 5 heteroatoms. The number of halogens is 3. The predicted octanol–water partition coefficient (Wildman–Crippen LogP) is 10.8. The van der Waals surface area contributed by atoms with Crippen LogP contribution in [-0.2, 0) is 6.18 Å². The Bertz CT molecular complexity index is 1570. The molecule has 0 bridgehead atoms. The normalized spacial score (nSPS) is 12.7. The van der Waals surface area contributed by atoms with Crippen LogP contribution >= 0.6 is 0 Å². The number of allylic oxidation sites excluding steroid dienone is 10. The summed E-state index contributed by atoms with van der Waals surface area (Å²) in [6.07, 6.45) is 10.9. The second kappa shape index (κ2) is 13.6. The average molecular weight is 561 g/mol. The van der Waals surface area contributed by atoms with Gasteiger partial charge in [-0.3, -0.25) is 0 Å². The van der Waals surface area contributed by atoms with Gasteiger partial charge in [-0.05, 0) is 54.3 Å². The molecule has 0 unspecified atom stereocenters. The maximum absolute atomic E-state index is 13.2. The van der Waals surface area contributed by atoms with Gasteiger partial charge in [0.1, 0.15) is 0 Å². The van der Waals surface area contributed by atoms with E-state index in [0.29, 0.717) is 22.8 Å². The van der Waals surface area contributed by atoms with E-state index in [4.69, 9.17) is 9.97 Å². The van der Waals surface area contributed by atoms with Gasteiger partial charge in [-0.2, -0.15) is 13.2 Å². The van der Waals surface area contributed by atoms with Gasteiger partial charge in [-0.15, -0.1) is 0 Å². The van der Waals surface area contributed by atoms with Crippen molar-refractivity contribution in [2.24, 2.45) is 0 Å². The Morgan fingerprint density at radius 2 is 1.02 bits per heavy atom. The first-order chi connectivity index (χ1) is 20.3. The van der Waals surface area contributed by atoms with Crippen LogP contribution in [0.4, 0.5) is 13.2 Å². The van der Waals surface area contributed by atoms with Gasteiger partial charge < -0.3 is 0 Å². The number of benzene rings is 3. The maximum Gasteiger partial charge on any atom is 0.416 e. The van der Waals surface area contributed by atoms with Crippen molar-refractivity contribution >= 4 is 11.1 Å². The van der Waals surface area contributed by atoms with E-state index in [0.717, 1.165) is 45.5 Å². The molecule has 0 atom stereocenters. The first kappa shape index (κ1) is 29.9. The Labute approximate surface area is 245 Å². The van der Waals surface area contributed by atoms with Crippen LogP contribution in [0.5, 0.6) is 0 Å². The molecule has 210 valence electrons. The SMILES string of the molecule is C=C/C=C(\C=C/C)c1ccc(-c2cc(-c3ccc(C(/C=C\C)=C/C=C)cc3)nc(-c3ccc(C(F)(F)F)cc3)n2)cc1. The molecule has 42 heavy (non-hydrogen) atoms. The molecule has 0 spiro atoms. The summed E-state index contributed by atoms with van der Waals surface area (Å²) in [4.78, 5) is 9.53. The Morgan fingerprint density at radius 3 is 1.38 bits per heavy atom. The molecular weight excluding hydrogens is 529 g/mol. The third kappa shape index (κ3) is 7.18. The summed E-state index contributed by atoms with van der Waals surface area (Å²) in [6.45, 7) is 11.5. The monoisotopic (exact) mass is 560 g/mol. The molecule has 0 fully saturated rings. The van der Waals surface area contributed by atoms with Crippen LogP contribution in [0.1, 0.15) is 30.5 Å². The molecule has 0 aliphatic heterocycles. The molecule has 0 aliphatic rings. The van der Waals surface area contributed by atoms with Crippen molar-refractivity contribution in [1.29, 1.82) is 0 Å². The van der Waals surface area contributed by atoms with E-state index in [9.17, 15) is 13.2 Å². The minimum atomic E-state index is -4.42. The Morgan fingerprint density at radius 1 is 0.619 bits per heavy atom. The molecule has 0 saturated carbocycles. The van der Waals surface area contributed by atoms with Crippen LogP contribution in [0.25, 0.3) is 45.0 Å². The zero-order valence-electron chi connectivity index (χ0n) is 23.6. The lowest BCUT2D eigenvalue weighted by molar-refractivity contribution is -0.137. The highest BCUT2D eigenvalue weighted by atomic mass is 19.4. The molecular formula is C37H31F3N2. The number of rotatable bonds is 9. The van der Waals surface area contributed by atoms with Crippen molar-refractivity contribution in [1.82, 2.24) is 9.97 Å². The Balaban J connectivity index is 1.82. The van der Waals surface area contributed by atoms with Gasteiger partial charge in [0, 0.05) is 16.7 Å². The first-order valence-electron chi connectivity index (χ1n) is 13.5. The van der Waals surface area contributed by atoms with Crippen LogP contribution < -0.4 is 0 Å². The zero-order chi connectivity index (χ0) is 30.1. The van der Waals surface area contributed by atoms with Crippen LogP contribution in [0, 0.1) is 0 Å². The van der Waals surface area contributed by atoms with Gasteiger partial charge in [0.25, 0.3) is 0 Å². The average Bonchev–Trinajstić information content (AvgIpc) is 3.00. The van der Waals surface area contributed by atoms with E-state index in [1.54, 1.807) is 12.2 Å². The molecule has 0 N–H and O–H groups in total. The molecule has 1 heterocycles. The second-order valence-corrected chi connectivity index (χ2v) is 9.41. The zero-order valence-corrected chi connectivity index (χ0v) is 23.6. The summed E-state index contributed by atoms with van der Waals surface area (Å²) in [5.74, 6) is 0.340. The van der Waals surface area contributed by atoms with Gasteiger partial charge in [0.15, 0.2) is 5.82 Å². The highest BCUT2D eigenvalue weighted by Crippen LogP contribution is 2.33. The van der Waals surface area contributed by atoms with E-state index < -0.39 is 11.7 Å². The van der Waals surface area contributed by atoms with Crippen molar-refractivity contribution in [3.8, 4) is 33.9 Å². The van der Waals surface area contributed by atoms with Crippen molar-refractivity contribution in [2.75, 3.05) is 0 Å². The van der Waals surface area contributed by atoms with E-state index >= 15 is 0 Å². The lowest BCUT2D eigenvalue weighted by Gasteiger charge is -2.12. The molecule has 4 aromatic rings. The molecule has 4 rings (SSSR count). The second-order valence-electron chi connectivity index (χ2n) is 9.41. The fourth-order valence-electron chi connectivity index (χ4n) is 4.46. The molecule has 1 aromatic heterocycles. The fourth-order valence-corrected chi connectivity index (χ4v) is 4.46. The summed E-state index contributed by atoms with van der Waals surface area (Å²) in [6, 6.07) is 22.8. The maximum atomic E-state index is 13.2. The third-order valence-corrected chi connectivity index (χ3v) is 6.51. The van der Waals surface area contributed by atoms with Gasteiger partial charge >= 0.3 is 6.18 Å². The van der Waals surface area contributed by atoms with Gasteiger partial charge in [0.2, 0.25) is 0 Å². The Kier molecular flexibility index (Phi) is 9.66. The number of hydrogen-bond donors (Lipinski definition) is 0. The minimum Gasteiger partial charge on any atom is -0.228 e. The number of aromatic nitrogens is 2. The van der Waals surface area contributed by atoms with Gasteiger partial charge in [-0.25, -0.2) is 9.97 Å². The molecule has 2 nitrogen and oxygen atoms in total. The van der Waals surface area contributed by atoms with Crippen LogP contribution in [-0.4, -0.2) is 9.97 Å². The number of hydrogen-bond acceptors (Lipinski definition) is 2. The van der Waals surface area contributed by atoms with Gasteiger partial charge in [0.05, 0.1) is 17.0 Å². The number of alkyl halides is 3. The van der Waals surface area contributed by atoms with Gasteiger partial charge in [-0.1, -0.05) is 122 Å². The standard InChI is InChI=1S/C37H31F3N2/c1-5-9-26(10-6-2)28-13-17-30(18-14-28)34-25-35(31-19-15-29(16-20-31)27(11-7-3)12-8-4)42-36(41-34)32-21-23-33(24-22-32)37(38,39)40/h5-25H,1,3H2,2,4H3/b10-6-,12-8-,26-9+,27-11+. The molecule has 0 radical (unpaired) electrons. The van der Waals surface area contributed by atoms with Crippen LogP contribution in [0.3, 0.4) is 0 Å². The smallest absolute Gasteiger partial charge is 0.228 e. The van der Waals surface area contributed by atoms with Crippen LogP contribution in [0.2, 0.25) is 0 Å². The number of nitrogens with zero attached hydrogens (tertiary/aromatic N) is 2. The van der Waals surface area contributed by atoms with Crippen molar-refractivity contribution < 1.29 is 13.2 Å². The first-order valence-corrected chi connectivity index (χ1v) is 13.5. The third-order valence-electron chi connectivity index (χ3n) is 6.51. The van der Waals surface area contributed by atoms with Crippen LogP contribution in [0.15, 0.2) is 141 Å². The lowest BCUT2D eigenvalue weighted by Crippen LogP contribution is -2.04. The molecule has 3 aromatic carbocycles. The lowest BCUT2D eigenvalue weighted by atomic mass is 9.99. The predicted molar refractivity (Wildman–Crippen MR) is 169 cm³/mol. The topological polar surface area (TPSA) is 25.8 Å². The van der Waals surface area contributed by atoms with E-state index in [2.05, 4.69) is 13.2 Å². The van der Waals surface area contributed by atoms with Crippen molar-refractivity contribution in [3.05, 3.63) is 157 Å². The summed E-state index contributed by atoms with van der Waals surface area (Å²) >= 11 is 0. The molecule has 0 amide bonds. The van der Waals surface area contributed by atoms with E-state index in [1.807, 2.05) is 105 Å². The quantitative estimate of drug-likeness (QED) is 0.190. The molecule has 0 saturated heterocycles. The van der Waals surface area contributed by atoms with Crippen molar-refractivity contribution in [3.63, 3.8) is 0 Å². The van der Waals surface area contributed by atoms with E-state index in [1.165, 1.54) is 12.1 Å². The Hall–Kier alpha value is -5.03. The van der Waals surface area contributed by atoms with E-state index in [-0.39, 0.29) is 0 Å². The van der Waals surface area contributed by atoms with Crippen molar-refractivity contribution in [2.45, 2.75) is 20.0 Å². The fraction of sp³-hybridized carbons (Fsp3) is 0.0811. The largest absolute Gasteiger partial charge is 0.416 e.